The molecule has 1 aliphatic heterocycles. The number of pyridine rings is 1. The molecule has 1 aromatic carbocycles. The Balaban J connectivity index is 2.09. The number of fused-ring (bicyclic) bond motifs is 2. The minimum atomic E-state index is -0.265. The molecule has 1 saturated heterocycles. The van der Waals surface area contributed by atoms with Crippen LogP contribution in [0, 0.1) is 0 Å². The van der Waals surface area contributed by atoms with E-state index in [9.17, 15) is 9.59 Å². The van der Waals surface area contributed by atoms with Gasteiger partial charge >= 0.3 is 4.87 Å². The van der Waals surface area contributed by atoms with Crippen LogP contribution < -0.4 is 15.2 Å². The van der Waals surface area contributed by atoms with Gasteiger partial charge in [0.25, 0.3) is 0 Å². The van der Waals surface area contributed by atoms with E-state index in [4.69, 9.17) is 0 Å². The second-order valence-electron chi connectivity index (χ2n) is 5.55. The quantitative estimate of drug-likeness (QED) is 0.701. The Hall–Kier alpha value is -2.21. The van der Waals surface area contributed by atoms with Crippen LogP contribution in [-0.2, 0) is 0 Å². The molecule has 22 heavy (non-hydrogen) atoms. The van der Waals surface area contributed by atoms with Gasteiger partial charge in [-0.1, -0.05) is 23.5 Å². The van der Waals surface area contributed by atoms with Crippen LogP contribution in [0.2, 0.25) is 0 Å². The molecule has 6 heteroatoms. The van der Waals surface area contributed by atoms with Crippen molar-refractivity contribution in [1.82, 2.24) is 9.97 Å². The minimum absolute atomic E-state index is 0.0475. The van der Waals surface area contributed by atoms with Crippen molar-refractivity contribution in [3.05, 3.63) is 44.2 Å². The van der Waals surface area contributed by atoms with Crippen LogP contribution in [-0.4, -0.2) is 23.1 Å². The van der Waals surface area contributed by atoms with Crippen molar-refractivity contribution in [2.45, 2.75) is 19.3 Å². The monoisotopic (exact) mass is 313 g/mol. The highest BCUT2D eigenvalue weighted by Gasteiger charge is 2.19. The zero-order valence-electron chi connectivity index (χ0n) is 12.0. The van der Waals surface area contributed by atoms with Crippen molar-refractivity contribution >= 4 is 38.3 Å². The maximum atomic E-state index is 12.9. The van der Waals surface area contributed by atoms with Crippen molar-refractivity contribution in [2.75, 3.05) is 18.0 Å². The summed E-state index contributed by atoms with van der Waals surface area (Å²) >= 11 is 1.000. The topological polar surface area (TPSA) is 66.1 Å². The average molecular weight is 313 g/mol. The summed E-state index contributed by atoms with van der Waals surface area (Å²) in [6.45, 7) is 1.70. The summed E-state index contributed by atoms with van der Waals surface area (Å²) in [7, 11) is 0. The zero-order valence-corrected chi connectivity index (χ0v) is 12.8. The molecule has 0 aliphatic carbocycles. The van der Waals surface area contributed by atoms with Gasteiger partial charge in [0, 0.05) is 18.5 Å². The molecule has 2 aromatic heterocycles. The number of hydrogen-bond donors (Lipinski definition) is 1. The number of aromatic nitrogens is 2. The summed E-state index contributed by atoms with van der Waals surface area (Å²) in [6.07, 6.45) is 3.33. The number of hydrogen-bond acceptors (Lipinski definition) is 5. The Labute approximate surface area is 130 Å². The van der Waals surface area contributed by atoms with Crippen LogP contribution in [0.1, 0.15) is 19.3 Å². The Morgan fingerprint density at radius 3 is 2.68 bits per heavy atom. The number of piperidine rings is 1. The lowest BCUT2D eigenvalue weighted by Gasteiger charge is -2.28. The van der Waals surface area contributed by atoms with E-state index in [0.29, 0.717) is 21.4 Å². The van der Waals surface area contributed by atoms with E-state index >= 15 is 0 Å². The molecule has 4 rings (SSSR count). The summed E-state index contributed by atoms with van der Waals surface area (Å²) in [5.74, 6) is 0.547. The highest BCUT2D eigenvalue weighted by Crippen LogP contribution is 2.25. The molecule has 1 aliphatic rings. The van der Waals surface area contributed by atoms with Crippen LogP contribution in [0.4, 0.5) is 5.82 Å². The standard InChI is InChI=1S/C16H15N3O2S/c20-13-10-6-2-3-7-11(10)17-15-12(13)14(18-16(21)22-15)19-8-4-1-5-9-19/h2-3,6-7H,1,4-5,8-9H2,(H,17,20). The third kappa shape index (κ3) is 2.11. The Morgan fingerprint density at radius 2 is 1.86 bits per heavy atom. The number of aromatic amines is 1. The second-order valence-corrected chi connectivity index (χ2v) is 6.52. The molecular formula is C16H15N3O2S. The number of nitrogens with zero attached hydrogens (tertiary/aromatic N) is 2. The Morgan fingerprint density at radius 1 is 1.09 bits per heavy atom. The van der Waals surface area contributed by atoms with Crippen LogP contribution in [0.3, 0.4) is 0 Å². The van der Waals surface area contributed by atoms with Gasteiger partial charge in [0.05, 0.1) is 10.9 Å². The first kappa shape index (κ1) is 13.5. The van der Waals surface area contributed by atoms with E-state index in [1.165, 1.54) is 6.42 Å². The maximum absolute atomic E-state index is 12.9. The van der Waals surface area contributed by atoms with Crippen molar-refractivity contribution < 1.29 is 0 Å². The van der Waals surface area contributed by atoms with Crippen LogP contribution >= 0.6 is 11.3 Å². The molecule has 0 saturated carbocycles. The van der Waals surface area contributed by atoms with Crippen molar-refractivity contribution in [3.8, 4) is 0 Å². The summed E-state index contributed by atoms with van der Waals surface area (Å²) in [6, 6.07) is 7.39. The van der Waals surface area contributed by atoms with Gasteiger partial charge in [-0.05, 0) is 31.4 Å². The first-order valence-corrected chi connectivity index (χ1v) is 8.26. The van der Waals surface area contributed by atoms with Gasteiger partial charge in [-0.2, -0.15) is 4.98 Å². The predicted molar refractivity (Wildman–Crippen MR) is 90.1 cm³/mol. The molecule has 3 aromatic rings. The van der Waals surface area contributed by atoms with E-state index in [1.807, 2.05) is 24.3 Å². The molecule has 112 valence electrons. The largest absolute Gasteiger partial charge is 0.356 e. The average Bonchev–Trinajstić information content (AvgIpc) is 2.55. The molecule has 3 heterocycles. The van der Waals surface area contributed by atoms with Gasteiger partial charge < -0.3 is 9.88 Å². The molecule has 1 N–H and O–H groups in total. The number of benzene rings is 1. The third-order valence-corrected chi connectivity index (χ3v) is 4.92. The Kier molecular flexibility index (Phi) is 3.18. The highest BCUT2D eigenvalue weighted by molar-refractivity contribution is 7.15. The molecular weight excluding hydrogens is 298 g/mol. The minimum Gasteiger partial charge on any atom is -0.356 e. The molecule has 0 bridgehead atoms. The number of para-hydroxylation sites is 1. The normalized spacial score (nSPS) is 15.5. The van der Waals surface area contributed by atoms with Gasteiger partial charge in [0.1, 0.15) is 10.6 Å². The number of nitrogens with one attached hydrogen (secondary N) is 1. The second kappa shape index (κ2) is 5.21. The summed E-state index contributed by atoms with van der Waals surface area (Å²) < 4.78 is 0. The van der Waals surface area contributed by atoms with E-state index in [1.54, 1.807) is 0 Å². The van der Waals surface area contributed by atoms with Crippen molar-refractivity contribution in [2.24, 2.45) is 0 Å². The molecule has 0 spiro atoms. The highest BCUT2D eigenvalue weighted by atomic mass is 32.1. The molecule has 0 amide bonds. The van der Waals surface area contributed by atoms with E-state index in [0.717, 1.165) is 42.8 Å². The van der Waals surface area contributed by atoms with Gasteiger partial charge in [0.2, 0.25) is 5.43 Å². The number of H-pyrrole nitrogens is 1. The van der Waals surface area contributed by atoms with Crippen LogP contribution in [0.5, 0.6) is 0 Å². The third-order valence-electron chi connectivity index (χ3n) is 4.14. The predicted octanol–water partition coefficient (Wildman–Crippen LogP) is 2.49. The molecule has 0 atom stereocenters. The first-order chi connectivity index (χ1) is 10.7. The lowest BCUT2D eigenvalue weighted by Crippen LogP contribution is -2.32. The molecule has 0 radical (unpaired) electrons. The lowest BCUT2D eigenvalue weighted by molar-refractivity contribution is 0.574. The molecule has 0 unspecified atom stereocenters. The first-order valence-electron chi connectivity index (χ1n) is 7.45. The summed E-state index contributed by atoms with van der Waals surface area (Å²) in [5, 5.41) is 1.19. The fraction of sp³-hybridized carbons (Fsp3) is 0.312. The maximum Gasteiger partial charge on any atom is 0.330 e. The molecule has 5 nitrogen and oxygen atoms in total. The molecule has 1 fully saturated rings. The van der Waals surface area contributed by atoms with E-state index < -0.39 is 0 Å². The van der Waals surface area contributed by atoms with Crippen LogP contribution in [0.25, 0.3) is 21.1 Å². The SMILES string of the molecule is O=c1nc(N2CCCCC2)c2c(=O)c3ccccc3[nH]c2s1. The van der Waals surface area contributed by atoms with Crippen molar-refractivity contribution in [1.29, 1.82) is 0 Å². The van der Waals surface area contributed by atoms with Crippen LogP contribution in [0.15, 0.2) is 33.9 Å². The summed E-state index contributed by atoms with van der Waals surface area (Å²) in [4.78, 5) is 34.6. The number of anilines is 1. The van der Waals surface area contributed by atoms with Crippen molar-refractivity contribution in [3.63, 3.8) is 0 Å². The summed E-state index contributed by atoms with van der Waals surface area (Å²) in [5.41, 5.74) is 0.708. The van der Waals surface area contributed by atoms with E-state index in [-0.39, 0.29) is 10.3 Å². The number of rotatable bonds is 1. The fourth-order valence-electron chi connectivity index (χ4n) is 3.08. The van der Waals surface area contributed by atoms with Gasteiger partial charge in [0.15, 0.2) is 0 Å². The fourth-order valence-corrected chi connectivity index (χ4v) is 3.83. The van der Waals surface area contributed by atoms with E-state index in [2.05, 4.69) is 14.9 Å². The smallest absolute Gasteiger partial charge is 0.330 e. The zero-order chi connectivity index (χ0) is 15.1. The van der Waals surface area contributed by atoms with Gasteiger partial charge in [-0.15, -0.1) is 0 Å². The van der Waals surface area contributed by atoms with Gasteiger partial charge in [-0.25, -0.2) is 0 Å². The Bertz CT molecular complexity index is 970. The van der Waals surface area contributed by atoms with Gasteiger partial charge in [-0.3, -0.25) is 9.59 Å². The lowest BCUT2D eigenvalue weighted by atomic mass is 10.1.